The average Bonchev–Trinajstić information content (AvgIpc) is 3.36. The summed E-state index contributed by atoms with van der Waals surface area (Å²) in [5.41, 5.74) is 2.03. The number of aliphatic hydroxyl groups excluding tert-OH is 1. The molecule has 0 saturated carbocycles. The third kappa shape index (κ3) is 4.54. The molecule has 1 N–H and O–H groups in total. The number of ether oxygens (including phenoxy) is 2. The van der Waals surface area contributed by atoms with Crippen molar-refractivity contribution < 1.29 is 29.0 Å². The standard InChI is InChI=1S/C26H23BrN2O6S/c1-5-35-25(33)23-14(3)28-26(36-23)29-20(15-6-9-17(27)10-7-15)19(22(31)24(29)32)21(30)16-8-11-18(34-4)13(2)12-16/h6-12,20,30H,5H2,1-4H3/t20-/m1/s1. The lowest BCUT2D eigenvalue weighted by atomic mass is 9.95. The Morgan fingerprint density at radius 3 is 2.47 bits per heavy atom. The van der Waals surface area contributed by atoms with Gasteiger partial charge in [-0.15, -0.1) is 0 Å². The van der Waals surface area contributed by atoms with E-state index >= 15 is 0 Å². The van der Waals surface area contributed by atoms with Crippen LogP contribution < -0.4 is 9.64 Å². The van der Waals surface area contributed by atoms with E-state index in [9.17, 15) is 19.5 Å². The Morgan fingerprint density at radius 2 is 1.86 bits per heavy atom. The van der Waals surface area contributed by atoms with Crippen LogP contribution >= 0.6 is 27.3 Å². The van der Waals surface area contributed by atoms with Crippen molar-refractivity contribution in [3.05, 3.63) is 79.8 Å². The lowest BCUT2D eigenvalue weighted by molar-refractivity contribution is -0.132. The van der Waals surface area contributed by atoms with E-state index in [1.54, 1.807) is 63.4 Å². The molecule has 2 aromatic carbocycles. The predicted molar refractivity (Wildman–Crippen MR) is 139 cm³/mol. The first-order chi connectivity index (χ1) is 17.2. The molecule has 1 aliphatic rings. The normalized spacial score (nSPS) is 16.9. The highest BCUT2D eigenvalue weighted by atomic mass is 79.9. The maximum atomic E-state index is 13.3. The van der Waals surface area contributed by atoms with E-state index in [1.807, 2.05) is 6.92 Å². The van der Waals surface area contributed by atoms with Crippen LogP contribution in [0.25, 0.3) is 5.76 Å². The smallest absolute Gasteiger partial charge is 0.350 e. The summed E-state index contributed by atoms with van der Waals surface area (Å²) in [5.74, 6) is -1.93. The van der Waals surface area contributed by atoms with Gasteiger partial charge in [-0.2, -0.15) is 0 Å². The fourth-order valence-corrected chi connectivity index (χ4v) is 5.29. The highest BCUT2D eigenvalue weighted by Crippen LogP contribution is 2.44. The molecule has 1 fully saturated rings. The van der Waals surface area contributed by atoms with E-state index in [1.165, 1.54) is 4.90 Å². The van der Waals surface area contributed by atoms with E-state index in [0.717, 1.165) is 21.4 Å². The van der Waals surface area contributed by atoms with Crippen LogP contribution in [0.2, 0.25) is 0 Å². The second-order valence-corrected chi connectivity index (χ2v) is 9.93. The zero-order valence-corrected chi connectivity index (χ0v) is 22.4. The molecule has 1 aliphatic heterocycles. The lowest BCUT2D eigenvalue weighted by Crippen LogP contribution is -2.29. The number of nitrogens with zero attached hydrogens (tertiary/aromatic N) is 2. The molecule has 3 aromatic rings. The Balaban J connectivity index is 1.91. The fraction of sp³-hybridized carbons (Fsp3) is 0.231. The molecule has 4 rings (SSSR count). The van der Waals surface area contributed by atoms with E-state index < -0.39 is 23.7 Å². The second kappa shape index (κ2) is 10.2. The van der Waals surface area contributed by atoms with E-state index in [4.69, 9.17) is 9.47 Å². The summed E-state index contributed by atoms with van der Waals surface area (Å²) in [4.78, 5) is 44.9. The van der Waals surface area contributed by atoms with Gasteiger partial charge in [0.05, 0.1) is 31.0 Å². The number of thiazole rings is 1. The van der Waals surface area contributed by atoms with Gasteiger partial charge in [-0.3, -0.25) is 14.5 Å². The minimum absolute atomic E-state index is 0.0718. The number of amides is 1. The number of benzene rings is 2. The maximum Gasteiger partial charge on any atom is 0.350 e. The largest absolute Gasteiger partial charge is 0.507 e. The zero-order valence-electron chi connectivity index (χ0n) is 20.0. The summed E-state index contributed by atoms with van der Waals surface area (Å²) >= 11 is 4.37. The molecule has 0 unspecified atom stereocenters. The van der Waals surface area contributed by atoms with Gasteiger partial charge in [-0.05, 0) is 62.2 Å². The number of ketones is 1. The summed E-state index contributed by atoms with van der Waals surface area (Å²) in [6.07, 6.45) is 0. The van der Waals surface area contributed by atoms with Gasteiger partial charge >= 0.3 is 11.9 Å². The molecule has 10 heteroatoms. The second-order valence-electron chi connectivity index (χ2n) is 8.04. The number of carbonyl (C=O) groups is 3. The Kier molecular flexibility index (Phi) is 7.28. The highest BCUT2D eigenvalue weighted by molar-refractivity contribution is 9.10. The van der Waals surface area contributed by atoms with Gasteiger partial charge in [-0.25, -0.2) is 9.78 Å². The van der Waals surface area contributed by atoms with Crippen molar-refractivity contribution in [2.24, 2.45) is 0 Å². The summed E-state index contributed by atoms with van der Waals surface area (Å²) in [6, 6.07) is 11.1. The maximum absolute atomic E-state index is 13.3. The molecular weight excluding hydrogens is 548 g/mol. The number of halogens is 1. The molecule has 0 radical (unpaired) electrons. The quantitative estimate of drug-likeness (QED) is 0.184. The lowest BCUT2D eigenvalue weighted by Gasteiger charge is -2.23. The van der Waals surface area contributed by atoms with Gasteiger partial charge in [0.15, 0.2) is 5.13 Å². The molecule has 186 valence electrons. The molecular formula is C26H23BrN2O6S. The van der Waals surface area contributed by atoms with Crippen LogP contribution in [0.3, 0.4) is 0 Å². The third-order valence-corrected chi connectivity index (χ3v) is 7.42. The van der Waals surface area contributed by atoms with E-state index in [2.05, 4.69) is 20.9 Å². The number of carbonyl (C=O) groups excluding carboxylic acids is 3. The number of aliphatic hydroxyl groups is 1. The van der Waals surface area contributed by atoms with Crippen molar-refractivity contribution in [2.45, 2.75) is 26.8 Å². The number of rotatable bonds is 6. The van der Waals surface area contributed by atoms with Crippen molar-refractivity contribution in [1.82, 2.24) is 4.98 Å². The SMILES string of the molecule is CCOC(=O)c1sc(N2C(=O)C(=O)C(=C(O)c3ccc(OC)c(C)c3)[C@H]2c2ccc(Br)cc2)nc1C. The Bertz CT molecular complexity index is 1400. The number of hydrogen-bond donors (Lipinski definition) is 1. The molecule has 1 atom stereocenters. The molecule has 0 aliphatic carbocycles. The molecule has 1 amide bonds. The van der Waals surface area contributed by atoms with Gasteiger partial charge in [0.25, 0.3) is 5.78 Å². The third-order valence-electron chi connectivity index (χ3n) is 5.75. The molecule has 1 saturated heterocycles. The van der Waals surface area contributed by atoms with Gasteiger partial charge < -0.3 is 14.6 Å². The van der Waals surface area contributed by atoms with Crippen LogP contribution in [-0.2, 0) is 14.3 Å². The van der Waals surface area contributed by atoms with Crippen LogP contribution in [0.15, 0.2) is 52.5 Å². The first-order valence-electron chi connectivity index (χ1n) is 11.0. The van der Waals surface area contributed by atoms with E-state index in [0.29, 0.717) is 22.6 Å². The number of Topliss-reactive ketones (excluding diaryl/α,β-unsaturated/α-hetero) is 1. The summed E-state index contributed by atoms with van der Waals surface area (Å²) in [6.45, 7) is 5.34. The monoisotopic (exact) mass is 570 g/mol. The number of aromatic nitrogens is 1. The van der Waals surface area contributed by atoms with Crippen molar-refractivity contribution in [3.8, 4) is 5.75 Å². The van der Waals surface area contributed by atoms with Crippen LogP contribution in [0, 0.1) is 13.8 Å². The highest BCUT2D eigenvalue weighted by Gasteiger charge is 2.48. The minimum Gasteiger partial charge on any atom is -0.507 e. The van der Waals surface area contributed by atoms with Gasteiger partial charge in [0, 0.05) is 10.0 Å². The van der Waals surface area contributed by atoms with Crippen LogP contribution in [0.4, 0.5) is 5.13 Å². The number of anilines is 1. The molecule has 0 spiro atoms. The average molecular weight is 571 g/mol. The summed E-state index contributed by atoms with van der Waals surface area (Å²) in [7, 11) is 1.54. The Hall–Kier alpha value is -3.50. The molecule has 2 heterocycles. The van der Waals surface area contributed by atoms with Gasteiger partial charge in [-0.1, -0.05) is 39.4 Å². The first-order valence-corrected chi connectivity index (χ1v) is 12.6. The van der Waals surface area contributed by atoms with Gasteiger partial charge in [0.1, 0.15) is 16.4 Å². The topological polar surface area (TPSA) is 106 Å². The molecule has 8 nitrogen and oxygen atoms in total. The van der Waals surface area contributed by atoms with Gasteiger partial charge in [0.2, 0.25) is 0 Å². The summed E-state index contributed by atoms with van der Waals surface area (Å²) < 4.78 is 11.2. The number of aryl methyl sites for hydroxylation is 2. The van der Waals surface area contributed by atoms with Crippen molar-refractivity contribution in [1.29, 1.82) is 0 Å². The van der Waals surface area contributed by atoms with E-state index in [-0.39, 0.29) is 27.9 Å². The number of esters is 1. The Morgan fingerprint density at radius 1 is 1.17 bits per heavy atom. The molecule has 36 heavy (non-hydrogen) atoms. The zero-order chi connectivity index (χ0) is 26.1. The fourth-order valence-electron chi connectivity index (χ4n) is 4.04. The predicted octanol–water partition coefficient (Wildman–Crippen LogP) is 5.33. The number of methoxy groups -OCH3 is 1. The summed E-state index contributed by atoms with van der Waals surface area (Å²) in [5, 5.41) is 11.5. The Labute approximate surface area is 220 Å². The molecule has 1 aromatic heterocycles. The van der Waals surface area contributed by atoms with Crippen LogP contribution in [0.1, 0.15) is 45.0 Å². The van der Waals surface area contributed by atoms with Crippen molar-refractivity contribution >= 4 is 55.8 Å². The minimum atomic E-state index is -0.957. The van der Waals surface area contributed by atoms with Crippen LogP contribution in [-0.4, -0.2) is 41.5 Å². The van der Waals surface area contributed by atoms with Crippen LogP contribution in [0.5, 0.6) is 5.75 Å². The first kappa shape index (κ1) is 25.6. The molecule has 0 bridgehead atoms. The number of hydrogen-bond acceptors (Lipinski definition) is 8. The van der Waals surface area contributed by atoms with Crippen molar-refractivity contribution in [3.63, 3.8) is 0 Å². The van der Waals surface area contributed by atoms with Crippen molar-refractivity contribution in [2.75, 3.05) is 18.6 Å².